The van der Waals surface area contributed by atoms with E-state index in [-0.39, 0.29) is 0 Å². The smallest absolute Gasteiger partial charge is 0.208 e. The zero-order valence-corrected chi connectivity index (χ0v) is 13.1. The number of aromatic nitrogens is 2. The minimum Gasteiger partial charge on any atom is -0.353 e. The molecule has 0 radical (unpaired) electrons. The van der Waals surface area contributed by atoms with Gasteiger partial charge in [-0.15, -0.1) is 10.2 Å². The lowest BCUT2D eigenvalue weighted by Gasteiger charge is -2.07. The molecule has 0 saturated carbocycles. The first-order valence-corrected chi connectivity index (χ1v) is 7.78. The van der Waals surface area contributed by atoms with Crippen LogP contribution < -0.4 is 10.6 Å². The van der Waals surface area contributed by atoms with Crippen LogP contribution >= 0.6 is 34.7 Å². The van der Waals surface area contributed by atoms with Crippen LogP contribution in [0.3, 0.4) is 0 Å². The second-order valence-electron chi connectivity index (χ2n) is 4.14. The van der Waals surface area contributed by atoms with Gasteiger partial charge >= 0.3 is 0 Å². The maximum absolute atomic E-state index is 6.05. The molecule has 19 heavy (non-hydrogen) atoms. The van der Waals surface area contributed by atoms with Gasteiger partial charge in [0.25, 0.3) is 0 Å². The number of halogens is 1. The Bertz CT molecular complexity index is 556. The molecule has 1 aromatic heterocycles. The first kappa shape index (κ1) is 14.6. The Balaban J connectivity index is 2.23. The van der Waals surface area contributed by atoms with E-state index in [2.05, 4.69) is 10.2 Å². The monoisotopic (exact) mass is 314 g/mol. The van der Waals surface area contributed by atoms with Crippen LogP contribution in [-0.2, 0) is 6.42 Å². The Labute approximate surface area is 126 Å². The summed E-state index contributed by atoms with van der Waals surface area (Å²) in [5, 5.41) is 9.92. The van der Waals surface area contributed by atoms with E-state index < -0.39 is 0 Å². The zero-order valence-electron chi connectivity index (χ0n) is 10.8. The van der Waals surface area contributed by atoms with Gasteiger partial charge in [0, 0.05) is 24.0 Å². The molecule has 1 aromatic carbocycles. The normalized spacial score (nSPS) is 10.7. The second kappa shape index (κ2) is 6.56. The molecule has 0 aliphatic rings. The first-order valence-electron chi connectivity index (χ1n) is 5.77. The van der Waals surface area contributed by atoms with Gasteiger partial charge in [-0.05, 0) is 30.7 Å². The average Bonchev–Trinajstić information content (AvgIpc) is 2.81. The standard InChI is InChI=1S/C12H15ClN4S2/c1-17(2)11-15-16-12(19-11)18-10-7-9(13)4-3-8(10)5-6-14/h3-4,7H,5-6,14H2,1-2H3. The van der Waals surface area contributed by atoms with E-state index in [9.17, 15) is 0 Å². The first-order chi connectivity index (χ1) is 9.10. The lowest BCUT2D eigenvalue weighted by molar-refractivity contribution is 0.941. The highest BCUT2D eigenvalue weighted by Gasteiger charge is 2.10. The minimum absolute atomic E-state index is 0.619. The average molecular weight is 315 g/mol. The summed E-state index contributed by atoms with van der Waals surface area (Å²) in [6, 6.07) is 5.86. The summed E-state index contributed by atoms with van der Waals surface area (Å²) in [5.41, 5.74) is 6.82. The van der Waals surface area contributed by atoms with Crippen molar-refractivity contribution in [3.8, 4) is 0 Å². The SMILES string of the molecule is CN(C)c1nnc(Sc2cc(Cl)ccc2CCN)s1. The molecule has 4 nitrogen and oxygen atoms in total. The molecule has 0 amide bonds. The maximum Gasteiger partial charge on any atom is 0.208 e. The number of benzene rings is 1. The van der Waals surface area contributed by atoms with Gasteiger partial charge in [-0.1, -0.05) is 40.8 Å². The van der Waals surface area contributed by atoms with E-state index >= 15 is 0 Å². The molecule has 102 valence electrons. The van der Waals surface area contributed by atoms with Crippen LogP contribution in [-0.4, -0.2) is 30.8 Å². The van der Waals surface area contributed by atoms with Crippen LogP contribution in [0, 0.1) is 0 Å². The van der Waals surface area contributed by atoms with Gasteiger partial charge in [0.2, 0.25) is 5.13 Å². The summed E-state index contributed by atoms with van der Waals surface area (Å²) < 4.78 is 0.907. The fourth-order valence-electron chi connectivity index (χ4n) is 1.50. The lowest BCUT2D eigenvalue weighted by Crippen LogP contribution is -2.07. The Morgan fingerprint density at radius 2 is 2.16 bits per heavy atom. The van der Waals surface area contributed by atoms with Crippen molar-refractivity contribution in [3.63, 3.8) is 0 Å². The summed E-state index contributed by atoms with van der Waals surface area (Å²) in [4.78, 5) is 3.04. The van der Waals surface area contributed by atoms with Gasteiger partial charge in [0.05, 0.1) is 0 Å². The lowest BCUT2D eigenvalue weighted by atomic mass is 10.1. The van der Waals surface area contributed by atoms with E-state index in [1.807, 2.05) is 37.2 Å². The van der Waals surface area contributed by atoms with Crippen molar-refractivity contribution in [3.05, 3.63) is 28.8 Å². The highest BCUT2D eigenvalue weighted by molar-refractivity contribution is 8.01. The summed E-state index contributed by atoms with van der Waals surface area (Å²) in [5.74, 6) is 0. The molecule has 0 fully saturated rings. The topological polar surface area (TPSA) is 55.0 Å². The summed E-state index contributed by atoms with van der Waals surface area (Å²) in [7, 11) is 3.91. The molecule has 2 N–H and O–H groups in total. The third kappa shape index (κ3) is 3.82. The van der Waals surface area contributed by atoms with Crippen LogP contribution in [0.25, 0.3) is 0 Å². The number of hydrogen-bond donors (Lipinski definition) is 1. The predicted octanol–water partition coefficient (Wildman–Crippen LogP) is 2.91. The molecule has 0 spiro atoms. The molecule has 7 heteroatoms. The van der Waals surface area contributed by atoms with Crippen molar-refractivity contribution < 1.29 is 0 Å². The van der Waals surface area contributed by atoms with Crippen LogP contribution in [0.2, 0.25) is 5.02 Å². The second-order valence-corrected chi connectivity index (χ2v) is 6.82. The van der Waals surface area contributed by atoms with Crippen molar-refractivity contribution in [2.75, 3.05) is 25.5 Å². The van der Waals surface area contributed by atoms with Crippen molar-refractivity contribution in [1.82, 2.24) is 10.2 Å². The minimum atomic E-state index is 0.619. The third-order valence-corrected chi connectivity index (χ3v) is 4.90. The van der Waals surface area contributed by atoms with Gasteiger partial charge in [-0.3, -0.25) is 0 Å². The number of rotatable bonds is 5. The maximum atomic E-state index is 6.05. The van der Waals surface area contributed by atoms with Gasteiger partial charge in [0.1, 0.15) is 0 Å². The van der Waals surface area contributed by atoms with Gasteiger partial charge in [-0.25, -0.2) is 0 Å². The molecular weight excluding hydrogens is 300 g/mol. The molecule has 0 bridgehead atoms. The molecule has 0 atom stereocenters. The Morgan fingerprint density at radius 1 is 1.37 bits per heavy atom. The summed E-state index contributed by atoms with van der Waals surface area (Å²) in [6.45, 7) is 0.619. The van der Waals surface area contributed by atoms with Gasteiger partial charge in [-0.2, -0.15) is 0 Å². The van der Waals surface area contributed by atoms with Crippen molar-refractivity contribution in [2.24, 2.45) is 5.73 Å². The van der Waals surface area contributed by atoms with Crippen molar-refractivity contribution in [1.29, 1.82) is 0 Å². The van der Waals surface area contributed by atoms with Crippen LogP contribution in [0.4, 0.5) is 5.13 Å². The van der Waals surface area contributed by atoms with Crippen LogP contribution in [0.5, 0.6) is 0 Å². The van der Waals surface area contributed by atoms with Crippen LogP contribution in [0.1, 0.15) is 5.56 Å². The summed E-state index contributed by atoms with van der Waals surface area (Å²) >= 11 is 9.20. The van der Waals surface area contributed by atoms with E-state index in [1.165, 1.54) is 5.56 Å². The Hall–Kier alpha value is -0.820. The number of nitrogens with zero attached hydrogens (tertiary/aromatic N) is 3. The van der Waals surface area contributed by atoms with Crippen LogP contribution in [0.15, 0.2) is 27.4 Å². The van der Waals surface area contributed by atoms with E-state index in [0.717, 1.165) is 25.8 Å². The number of hydrogen-bond acceptors (Lipinski definition) is 6. The highest BCUT2D eigenvalue weighted by atomic mass is 35.5. The largest absolute Gasteiger partial charge is 0.353 e. The highest BCUT2D eigenvalue weighted by Crippen LogP contribution is 2.35. The summed E-state index contributed by atoms with van der Waals surface area (Å²) in [6.07, 6.45) is 0.832. The van der Waals surface area contributed by atoms with Gasteiger partial charge in [0.15, 0.2) is 4.34 Å². The van der Waals surface area contributed by atoms with E-state index in [1.54, 1.807) is 23.1 Å². The number of anilines is 1. The molecule has 0 unspecified atom stereocenters. The number of nitrogens with two attached hydrogens (primary N) is 1. The quantitative estimate of drug-likeness (QED) is 0.919. The Kier molecular flexibility index (Phi) is 5.04. The predicted molar refractivity (Wildman–Crippen MR) is 82.6 cm³/mol. The molecular formula is C12H15ClN4S2. The Morgan fingerprint density at radius 3 is 2.79 bits per heavy atom. The van der Waals surface area contributed by atoms with Gasteiger partial charge < -0.3 is 10.6 Å². The molecule has 1 heterocycles. The third-order valence-electron chi connectivity index (χ3n) is 2.42. The molecule has 0 aliphatic heterocycles. The van der Waals surface area contributed by atoms with Crippen molar-refractivity contribution in [2.45, 2.75) is 15.7 Å². The molecule has 0 aliphatic carbocycles. The fourth-order valence-corrected chi connectivity index (χ4v) is 3.66. The van der Waals surface area contributed by atoms with Crippen molar-refractivity contribution >= 4 is 39.8 Å². The fraction of sp³-hybridized carbons (Fsp3) is 0.333. The zero-order chi connectivity index (χ0) is 13.8. The molecule has 2 rings (SSSR count). The van der Waals surface area contributed by atoms with E-state index in [0.29, 0.717) is 6.54 Å². The molecule has 2 aromatic rings. The van der Waals surface area contributed by atoms with E-state index in [4.69, 9.17) is 17.3 Å². The molecule has 0 saturated heterocycles.